The van der Waals surface area contributed by atoms with Gasteiger partial charge in [-0.25, -0.2) is 0 Å². The van der Waals surface area contributed by atoms with E-state index in [4.69, 9.17) is 0 Å². The van der Waals surface area contributed by atoms with Gasteiger partial charge in [0.2, 0.25) is 0 Å². The molecular weight excluding hydrogens is 248 g/mol. The molecule has 0 fully saturated rings. The van der Waals surface area contributed by atoms with Crippen molar-refractivity contribution in [2.24, 2.45) is 0 Å². The Morgan fingerprint density at radius 1 is 1.06 bits per heavy atom. The van der Waals surface area contributed by atoms with E-state index >= 15 is 0 Å². The van der Waals surface area contributed by atoms with Crippen LogP contribution in [-0.4, -0.2) is 10.9 Å². The van der Waals surface area contributed by atoms with Crippen LogP contribution >= 0.6 is 12.4 Å². The summed E-state index contributed by atoms with van der Waals surface area (Å²) >= 11 is 0. The van der Waals surface area contributed by atoms with E-state index in [2.05, 4.69) is 10.3 Å². The number of pyridine rings is 1. The highest BCUT2D eigenvalue weighted by Gasteiger charge is 2.08. The molecule has 94 valence electrons. The molecule has 0 saturated heterocycles. The molecule has 3 nitrogen and oxygen atoms in total. The highest BCUT2D eigenvalue weighted by molar-refractivity contribution is 6.04. The first kappa shape index (κ1) is 14.2. The first-order valence-electron chi connectivity index (χ1n) is 5.46. The highest BCUT2D eigenvalue weighted by atomic mass is 35.5. The predicted octanol–water partition coefficient (Wildman–Crippen LogP) is 3.37. The van der Waals surface area contributed by atoms with Crippen LogP contribution in [0.1, 0.15) is 21.5 Å². The number of hydrogen-bond acceptors (Lipinski definition) is 2. The number of rotatable bonds is 2. The maximum atomic E-state index is 12.0. The molecule has 1 aromatic heterocycles. The van der Waals surface area contributed by atoms with Gasteiger partial charge in [-0.2, -0.15) is 0 Å². The van der Waals surface area contributed by atoms with E-state index in [0.29, 0.717) is 5.56 Å². The average Bonchev–Trinajstić information content (AvgIpc) is 2.35. The molecule has 0 radical (unpaired) electrons. The van der Waals surface area contributed by atoms with Crippen LogP contribution < -0.4 is 5.32 Å². The summed E-state index contributed by atoms with van der Waals surface area (Å²) in [4.78, 5) is 15.9. The number of amides is 1. The molecule has 1 amide bonds. The summed E-state index contributed by atoms with van der Waals surface area (Å²) in [6.45, 7) is 3.96. The van der Waals surface area contributed by atoms with Crippen LogP contribution in [0.15, 0.2) is 42.7 Å². The SMILES string of the molecule is Cc1cccc(C)c1NC(=O)c1ccncc1.Cl. The molecular formula is C14H15ClN2O. The van der Waals surface area contributed by atoms with Gasteiger partial charge in [-0.05, 0) is 37.1 Å². The first-order valence-corrected chi connectivity index (χ1v) is 5.46. The Hall–Kier alpha value is -1.87. The molecule has 1 aromatic carbocycles. The van der Waals surface area contributed by atoms with Gasteiger partial charge >= 0.3 is 0 Å². The third-order valence-electron chi connectivity index (χ3n) is 2.66. The van der Waals surface area contributed by atoms with Crippen LogP contribution in [-0.2, 0) is 0 Å². The van der Waals surface area contributed by atoms with Crippen molar-refractivity contribution >= 4 is 24.0 Å². The Bertz CT molecular complexity index is 520. The Morgan fingerprint density at radius 3 is 2.17 bits per heavy atom. The molecule has 0 aliphatic heterocycles. The first-order chi connectivity index (χ1) is 8.18. The lowest BCUT2D eigenvalue weighted by atomic mass is 10.1. The Labute approximate surface area is 113 Å². The lowest BCUT2D eigenvalue weighted by molar-refractivity contribution is 0.102. The van der Waals surface area contributed by atoms with Crippen molar-refractivity contribution in [2.45, 2.75) is 13.8 Å². The number of aromatic nitrogens is 1. The van der Waals surface area contributed by atoms with Crippen molar-refractivity contribution in [3.05, 3.63) is 59.4 Å². The highest BCUT2D eigenvalue weighted by Crippen LogP contribution is 2.20. The van der Waals surface area contributed by atoms with Crippen LogP contribution in [0.2, 0.25) is 0 Å². The topological polar surface area (TPSA) is 42.0 Å². The molecule has 1 heterocycles. The van der Waals surface area contributed by atoms with Gasteiger partial charge in [-0.15, -0.1) is 12.4 Å². The summed E-state index contributed by atoms with van der Waals surface area (Å²) in [5.41, 5.74) is 3.62. The lowest BCUT2D eigenvalue weighted by Gasteiger charge is -2.11. The molecule has 4 heteroatoms. The Balaban J connectivity index is 0.00000162. The molecule has 2 aromatic rings. The number of aryl methyl sites for hydroxylation is 2. The second-order valence-electron chi connectivity index (χ2n) is 3.96. The number of carbonyl (C=O) groups is 1. The quantitative estimate of drug-likeness (QED) is 0.902. The fraction of sp³-hybridized carbons (Fsp3) is 0.143. The van der Waals surface area contributed by atoms with Crippen molar-refractivity contribution < 1.29 is 4.79 Å². The molecule has 0 atom stereocenters. The maximum absolute atomic E-state index is 12.0. The number of nitrogens with one attached hydrogen (secondary N) is 1. The number of hydrogen-bond donors (Lipinski definition) is 1. The summed E-state index contributed by atoms with van der Waals surface area (Å²) in [6, 6.07) is 9.34. The normalized spacial score (nSPS) is 9.44. The van der Waals surface area contributed by atoms with Gasteiger partial charge in [0.1, 0.15) is 0 Å². The van der Waals surface area contributed by atoms with Crippen LogP contribution in [0, 0.1) is 13.8 Å². The number of carbonyl (C=O) groups excluding carboxylic acids is 1. The van der Waals surface area contributed by atoms with E-state index in [1.807, 2.05) is 32.0 Å². The molecule has 0 bridgehead atoms. The number of anilines is 1. The predicted molar refractivity (Wildman–Crippen MR) is 75.4 cm³/mol. The van der Waals surface area contributed by atoms with E-state index < -0.39 is 0 Å². The average molecular weight is 263 g/mol. The minimum absolute atomic E-state index is 0. The fourth-order valence-corrected chi connectivity index (χ4v) is 1.70. The van der Waals surface area contributed by atoms with Gasteiger partial charge in [0.25, 0.3) is 5.91 Å². The van der Waals surface area contributed by atoms with E-state index in [0.717, 1.165) is 16.8 Å². The zero-order valence-electron chi connectivity index (χ0n) is 10.3. The van der Waals surface area contributed by atoms with E-state index in [1.165, 1.54) is 0 Å². The molecule has 0 spiro atoms. The van der Waals surface area contributed by atoms with Gasteiger partial charge in [0, 0.05) is 23.6 Å². The minimum Gasteiger partial charge on any atom is -0.322 e. The standard InChI is InChI=1S/C14H14N2O.ClH/c1-10-4-3-5-11(2)13(10)16-14(17)12-6-8-15-9-7-12;/h3-9H,1-2H3,(H,16,17);1H. The van der Waals surface area contributed by atoms with E-state index in [9.17, 15) is 4.79 Å². The van der Waals surface area contributed by atoms with Gasteiger partial charge in [-0.3, -0.25) is 9.78 Å². The van der Waals surface area contributed by atoms with Crippen molar-refractivity contribution in [1.82, 2.24) is 4.98 Å². The summed E-state index contributed by atoms with van der Waals surface area (Å²) in [7, 11) is 0. The Morgan fingerprint density at radius 2 is 1.61 bits per heavy atom. The summed E-state index contributed by atoms with van der Waals surface area (Å²) in [5.74, 6) is -0.107. The second-order valence-corrected chi connectivity index (χ2v) is 3.96. The summed E-state index contributed by atoms with van der Waals surface area (Å²) < 4.78 is 0. The number of para-hydroxylation sites is 1. The molecule has 0 aliphatic rings. The lowest BCUT2D eigenvalue weighted by Crippen LogP contribution is -2.13. The zero-order valence-corrected chi connectivity index (χ0v) is 11.1. The third kappa shape index (κ3) is 3.08. The van der Waals surface area contributed by atoms with E-state index in [1.54, 1.807) is 24.5 Å². The second kappa shape index (κ2) is 6.17. The largest absolute Gasteiger partial charge is 0.322 e. The molecule has 1 N–H and O–H groups in total. The minimum atomic E-state index is -0.107. The monoisotopic (exact) mass is 262 g/mol. The van der Waals surface area contributed by atoms with Gasteiger partial charge in [0.05, 0.1) is 0 Å². The smallest absolute Gasteiger partial charge is 0.255 e. The van der Waals surface area contributed by atoms with Gasteiger partial charge in [0.15, 0.2) is 0 Å². The zero-order chi connectivity index (χ0) is 12.3. The molecule has 2 rings (SSSR count). The number of benzene rings is 1. The van der Waals surface area contributed by atoms with Crippen LogP contribution in [0.4, 0.5) is 5.69 Å². The van der Waals surface area contributed by atoms with Gasteiger partial charge < -0.3 is 5.32 Å². The van der Waals surface area contributed by atoms with Crippen LogP contribution in [0.3, 0.4) is 0 Å². The molecule has 18 heavy (non-hydrogen) atoms. The van der Waals surface area contributed by atoms with Crippen LogP contribution in [0.5, 0.6) is 0 Å². The molecule has 0 unspecified atom stereocenters. The summed E-state index contributed by atoms with van der Waals surface area (Å²) in [5, 5.41) is 2.93. The van der Waals surface area contributed by atoms with E-state index in [-0.39, 0.29) is 18.3 Å². The van der Waals surface area contributed by atoms with Crippen molar-refractivity contribution in [2.75, 3.05) is 5.32 Å². The Kier molecular flexibility index (Phi) is 4.86. The van der Waals surface area contributed by atoms with Crippen molar-refractivity contribution in [3.63, 3.8) is 0 Å². The van der Waals surface area contributed by atoms with Crippen molar-refractivity contribution in [1.29, 1.82) is 0 Å². The fourth-order valence-electron chi connectivity index (χ4n) is 1.70. The summed E-state index contributed by atoms with van der Waals surface area (Å²) in [6.07, 6.45) is 3.22. The molecule has 0 aliphatic carbocycles. The third-order valence-corrected chi connectivity index (χ3v) is 2.66. The van der Waals surface area contributed by atoms with Crippen LogP contribution in [0.25, 0.3) is 0 Å². The molecule has 0 saturated carbocycles. The maximum Gasteiger partial charge on any atom is 0.255 e. The number of nitrogens with zero attached hydrogens (tertiary/aromatic N) is 1. The van der Waals surface area contributed by atoms with Gasteiger partial charge in [-0.1, -0.05) is 18.2 Å². The van der Waals surface area contributed by atoms with Crippen molar-refractivity contribution in [3.8, 4) is 0 Å². The number of halogens is 1.